The molecule has 3 heteroatoms. The fourth-order valence-corrected chi connectivity index (χ4v) is 1.16. The Morgan fingerprint density at radius 1 is 1.78 bits per heavy atom. The summed E-state index contributed by atoms with van der Waals surface area (Å²) in [6.07, 6.45) is 3.04. The van der Waals surface area contributed by atoms with E-state index in [1.165, 1.54) is 0 Å². The van der Waals surface area contributed by atoms with E-state index in [1.807, 2.05) is 5.01 Å². The first-order chi connectivity index (χ1) is 4.38. The summed E-state index contributed by atoms with van der Waals surface area (Å²) in [6, 6.07) is 0.0648. The van der Waals surface area contributed by atoms with E-state index in [1.54, 1.807) is 7.05 Å². The van der Waals surface area contributed by atoms with E-state index in [-0.39, 0.29) is 6.04 Å². The van der Waals surface area contributed by atoms with Gasteiger partial charge in [-0.3, -0.25) is 0 Å². The van der Waals surface area contributed by atoms with Gasteiger partial charge in [0.05, 0.1) is 0 Å². The predicted octanol–water partition coefficient (Wildman–Crippen LogP) is 0.568. The molecule has 0 radical (unpaired) electrons. The number of carbonyl (C=O) groups is 1. The number of rotatable bonds is 2. The molecule has 0 aromatic carbocycles. The molecule has 1 aliphatic rings. The van der Waals surface area contributed by atoms with Crippen LogP contribution in [0.5, 0.6) is 0 Å². The summed E-state index contributed by atoms with van der Waals surface area (Å²) in [5, 5.41) is 1.84. The second kappa shape index (κ2) is 2.94. The fraction of sp³-hybridized carbons (Fsp3) is 0.833. The van der Waals surface area contributed by atoms with Gasteiger partial charge in [-0.25, -0.2) is 0 Å². The number of nitrogens with zero attached hydrogens (tertiary/aromatic N) is 2. The van der Waals surface area contributed by atoms with Gasteiger partial charge in [-0.15, -0.1) is 0 Å². The third kappa shape index (κ3) is 1.28. The van der Waals surface area contributed by atoms with Crippen LogP contribution < -0.4 is 0 Å². The van der Waals surface area contributed by atoms with Crippen LogP contribution in [-0.4, -0.2) is 30.9 Å². The van der Waals surface area contributed by atoms with Crippen LogP contribution >= 0.6 is 0 Å². The Hall–Kier alpha value is -0.410. The molecule has 1 heterocycles. The molecule has 1 atom stereocenters. The van der Waals surface area contributed by atoms with Crippen molar-refractivity contribution >= 4 is 6.29 Å². The van der Waals surface area contributed by atoms with E-state index >= 15 is 0 Å². The topological polar surface area (TPSA) is 34.4 Å². The highest BCUT2D eigenvalue weighted by molar-refractivity contribution is 5.58. The average molecular weight is 127 g/mol. The summed E-state index contributed by atoms with van der Waals surface area (Å²) in [7, 11) is 1.72. The molecule has 0 bridgehead atoms. The van der Waals surface area contributed by atoms with Crippen molar-refractivity contribution in [3.05, 3.63) is 5.43 Å². The maximum atomic E-state index is 10.3. The molecule has 0 unspecified atom stereocenters. The number of hydrogen-bond acceptors (Lipinski definition) is 2. The first-order valence-electron chi connectivity index (χ1n) is 3.20. The summed E-state index contributed by atoms with van der Waals surface area (Å²) >= 11 is 0. The second-order valence-electron chi connectivity index (χ2n) is 2.21. The zero-order valence-corrected chi connectivity index (χ0v) is 5.58. The van der Waals surface area contributed by atoms with Gasteiger partial charge in [-0.2, -0.15) is 7.05 Å². The molecule has 52 valence electrons. The number of aldehydes is 1. The first kappa shape index (κ1) is 6.71. The fourth-order valence-electron chi connectivity index (χ4n) is 1.16. The van der Waals surface area contributed by atoms with Gasteiger partial charge >= 0.3 is 0 Å². The van der Waals surface area contributed by atoms with E-state index in [0.717, 1.165) is 25.7 Å². The molecule has 0 amide bonds. The van der Waals surface area contributed by atoms with Gasteiger partial charge in [-0.1, -0.05) is 0 Å². The standard InChI is InChI=1S/C6H11N2O/c1-7-8-4-2-3-6(8)5-9/h5-6H,2-4H2,1H3/q-1/t6-/m0/s1. The smallest absolute Gasteiger partial charge is 0.135 e. The van der Waals surface area contributed by atoms with Crippen molar-refractivity contribution in [3.8, 4) is 0 Å². The van der Waals surface area contributed by atoms with Crippen LogP contribution in [-0.2, 0) is 4.79 Å². The van der Waals surface area contributed by atoms with E-state index in [9.17, 15) is 4.79 Å². The molecule has 1 aliphatic heterocycles. The third-order valence-electron chi connectivity index (χ3n) is 1.68. The summed E-state index contributed by atoms with van der Waals surface area (Å²) < 4.78 is 0. The van der Waals surface area contributed by atoms with Crippen molar-refractivity contribution in [2.45, 2.75) is 18.9 Å². The van der Waals surface area contributed by atoms with E-state index in [0.29, 0.717) is 0 Å². The average Bonchev–Trinajstić information content (AvgIpc) is 2.33. The molecule has 0 aromatic heterocycles. The minimum absolute atomic E-state index is 0.0648. The Morgan fingerprint density at radius 2 is 2.56 bits per heavy atom. The lowest BCUT2D eigenvalue weighted by molar-refractivity contribution is -0.111. The van der Waals surface area contributed by atoms with Gasteiger partial charge in [-0.05, 0) is 19.4 Å². The summed E-state index contributed by atoms with van der Waals surface area (Å²) in [6.45, 7) is 0.944. The first-order valence-corrected chi connectivity index (χ1v) is 3.20. The van der Waals surface area contributed by atoms with Crippen molar-refractivity contribution in [2.24, 2.45) is 0 Å². The van der Waals surface area contributed by atoms with Crippen molar-refractivity contribution in [2.75, 3.05) is 13.6 Å². The maximum Gasteiger partial charge on any atom is 0.135 e. The third-order valence-corrected chi connectivity index (χ3v) is 1.68. The zero-order chi connectivity index (χ0) is 6.69. The van der Waals surface area contributed by atoms with Gasteiger partial charge in [0.1, 0.15) is 6.29 Å². The van der Waals surface area contributed by atoms with E-state index in [4.69, 9.17) is 0 Å². The van der Waals surface area contributed by atoms with Crippen molar-refractivity contribution in [1.29, 1.82) is 0 Å². The minimum atomic E-state index is 0.0648. The molecule has 1 saturated heterocycles. The molecule has 0 spiro atoms. The highest BCUT2D eigenvalue weighted by Gasteiger charge is 2.15. The SMILES string of the molecule is C[N-]N1CCC[C@H]1C=O. The Morgan fingerprint density at radius 3 is 3.00 bits per heavy atom. The number of carbonyl (C=O) groups excluding carboxylic acids is 1. The van der Waals surface area contributed by atoms with E-state index in [2.05, 4.69) is 5.43 Å². The summed E-state index contributed by atoms with van der Waals surface area (Å²) in [5.41, 5.74) is 3.94. The van der Waals surface area contributed by atoms with Crippen molar-refractivity contribution in [1.82, 2.24) is 5.01 Å². The Bertz CT molecular complexity index is 105. The second-order valence-corrected chi connectivity index (χ2v) is 2.21. The zero-order valence-electron chi connectivity index (χ0n) is 5.58. The normalized spacial score (nSPS) is 28.8. The lowest BCUT2D eigenvalue weighted by Crippen LogP contribution is -2.25. The maximum absolute atomic E-state index is 10.3. The van der Waals surface area contributed by atoms with Crippen LogP contribution in [0.15, 0.2) is 0 Å². The summed E-state index contributed by atoms with van der Waals surface area (Å²) in [5.74, 6) is 0. The molecule has 1 rings (SSSR count). The molecule has 0 aliphatic carbocycles. The van der Waals surface area contributed by atoms with Crippen LogP contribution in [0.4, 0.5) is 0 Å². The molecule has 0 N–H and O–H groups in total. The predicted molar refractivity (Wildman–Crippen MR) is 35.1 cm³/mol. The Kier molecular flexibility index (Phi) is 2.19. The molecular weight excluding hydrogens is 116 g/mol. The van der Waals surface area contributed by atoms with E-state index < -0.39 is 0 Å². The molecular formula is C6H11N2O-. The van der Waals surface area contributed by atoms with Crippen LogP contribution in [0.2, 0.25) is 0 Å². The minimum Gasteiger partial charge on any atom is -0.597 e. The van der Waals surface area contributed by atoms with Gasteiger partial charge in [0, 0.05) is 6.04 Å². The largest absolute Gasteiger partial charge is 0.597 e. The van der Waals surface area contributed by atoms with Gasteiger partial charge in [0.25, 0.3) is 0 Å². The van der Waals surface area contributed by atoms with Gasteiger partial charge in [0.2, 0.25) is 0 Å². The highest BCUT2D eigenvalue weighted by atomic mass is 16.1. The molecule has 0 aromatic rings. The van der Waals surface area contributed by atoms with Crippen LogP contribution in [0, 0.1) is 0 Å². The number of hydrogen-bond donors (Lipinski definition) is 0. The Labute approximate surface area is 55.0 Å². The monoisotopic (exact) mass is 127 g/mol. The molecule has 1 fully saturated rings. The lowest BCUT2D eigenvalue weighted by Gasteiger charge is -2.32. The van der Waals surface area contributed by atoms with Crippen molar-refractivity contribution in [3.63, 3.8) is 0 Å². The lowest BCUT2D eigenvalue weighted by atomic mass is 10.2. The van der Waals surface area contributed by atoms with Gasteiger partial charge in [0.15, 0.2) is 0 Å². The highest BCUT2D eigenvalue weighted by Crippen LogP contribution is 2.16. The molecule has 3 nitrogen and oxygen atoms in total. The van der Waals surface area contributed by atoms with Crippen molar-refractivity contribution < 1.29 is 4.79 Å². The van der Waals surface area contributed by atoms with Crippen LogP contribution in [0.25, 0.3) is 5.43 Å². The Balaban J connectivity index is 2.41. The van der Waals surface area contributed by atoms with Gasteiger partial charge < -0.3 is 15.2 Å². The summed E-state index contributed by atoms with van der Waals surface area (Å²) in [4.78, 5) is 10.3. The molecule has 9 heavy (non-hydrogen) atoms. The molecule has 0 saturated carbocycles. The van der Waals surface area contributed by atoms with Crippen LogP contribution in [0.1, 0.15) is 12.8 Å². The van der Waals surface area contributed by atoms with Crippen LogP contribution in [0.3, 0.4) is 0 Å². The quantitative estimate of drug-likeness (QED) is 0.508.